The molecule has 2 aromatic heterocycles. The van der Waals surface area contributed by atoms with Gasteiger partial charge in [-0.1, -0.05) is 17.6 Å². The minimum absolute atomic E-state index is 0.0662. The van der Waals surface area contributed by atoms with Crippen LogP contribution in [-0.4, -0.2) is 58.1 Å². The van der Waals surface area contributed by atoms with Crippen LogP contribution in [0.2, 0.25) is 0 Å². The van der Waals surface area contributed by atoms with Crippen LogP contribution in [0.3, 0.4) is 0 Å². The van der Waals surface area contributed by atoms with E-state index in [1.165, 1.54) is 19.3 Å². The van der Waals surface area contributed by atoms with Crippen LogP contribution in [0.5, 0.6) is 0 Å². The van der Waals surface area contributed by atoms with Gasteiger partial charge >= 0.3 is 0 Å². The number of aromatic nitrogens is 2. The van der Waals surface area contributed by atoms with Gasteiger partial charge in [-0.3, -0.25) is 9.88 Å². The number of ether oxygens (including phenoxy) is 1. The molecule has 7 nitrogen and oxygen atoms in total. The van der Waals surface area contributed by atoms with Crippen molar-refractivity contribution in [2.24, 2.45) is 0 Å². The summed E-state index contributed by atoms with van der Waals surface area (Å²) < 4.78 is 11.7. The first-order chi connectivity index (χ1) is 14.3. The highest BCUT2D eigenvalue weighted by Gasteiger charge is 2.30. The Hall–Kier alpha value is -1.80. The molecule has 0 saturated carbocycles. The second-order valence-electron chi connectivity index (χ2n) is 8.26. The Morgan fingerprint density at radius 3 is 2.93 bits per heavy atom. The van der Waals surface area contributed by atoms with Crippen LogP contribution in [0, 0.1) is 0 Å². The van der Waals surface area contributed by atoms with Gasteiger partial charge in [0.15, 0.2) is 5.76 Å². The van der Waals surface area contributed by atoms with Crippen LogP contribution in [0.1, 0.15) is 49.1 Å². The van der Waals surface area contributed by atoms with Crippen LogP contribution in [0.25, 0.3) is 0 Å². The highest BCUT2D eigenvalue weighted by molar-refractivity contribution is 5.08. The Morgan fingerprint density at radius 1 is 1.21 bits per heavy atom. The first kappa shape index (κ1) is 20.5. The van der Waals surface area contributed by atoms with Crippen molar-refractivity contribution in [3.05, 3.63) is 47.6 Å². The van der Waals surface area contributed by atoms with Gasteiger partial charge < -0.3 is 19.7 Å². The normalized spacial score (nSPS) is 25.9. The van der Waals surface area contributed by atoms with E-state index in [1.807, 2.05) is 18.3 Å². The Morgan fingerprint density at radius 2 is 2.10 bits per heavy atom. The van der Waals surface area contributed by atoms with Crippen molar-refractivity contribution in [2.45, 2.75) is 69.9 Å². The van der Waals surface area contributed by atoms with Crippen LogP contribution in [0.4, 0.5) is 0 Å². The molecule has 3 atom stereocenters. The van der Waals surface area contributed by atoms with E-state index in [9.17, 15) is 5.11 Å². The third-order valence-corrected chi connectivity index (χ3v) is 5.85. The van der Waals surface area contributed by atoms with E-state index >= 15 is 0 Å². The zero-order chi connectivity index (χ0) is 19.9. The van der Waals surface area contributed by atoms with Crippen molar-refractivity contribution < 1.29 is 14.4 Å². The number of pyridine rings is 1. The minimum Gasteiger partial charge on any atom is -0.390 e. The standard InChI is InChI=1S/C22H32N4O3/c27-21-7-6-19(28-22(21)15-24-14-17-5-4-8-23-13-17)11-18-12-20(29-25-18)16-26-9-2-1-3-10-26/h4-5,8,12-13,19,21-22,24,27H,1-3,6-7,9-11,14-16H2. The highest BCUT2D eigenvalue weighted by Crippen LogP contribution is 2.23. The summed E-state index contributed by atoms with van der Waals surface area (Å²) in [5.74, 6) is 0.937. The second kappa shape index (κ2) is 10.3. The first-order valence-electron chi connectivity index (χ1n) is 10.9. The highest BCUT2D eigenvalue weighted by atomic mass is 16.5. The average Bonchev–Trinajstić information content (AvgIpc) is 3.18. The monoisotopic (exact) mass is 400 g/mol. The Kier molecular flexibility index (Phi) is 7.27. The molecule has 29 heavy (non-hydrogen) atoms. The van der Waals surface area contributed by atoms with Crippen LogP contribution in [0.15, 0.2) is 35.1 Å². The molecule has 0 aliphatic carbocycles. The van der Waals surface area contributed by atoms with E-state index in [0.29, 0.717) is 13.1 Å². The number of likely N-dealkylation sites (tertiary alicyclic amines) is 1. The molecule has 0 radical (unpaired) electrons. The number of rotatable bonds is 8. The molecular weight excluding hydrogens is 368 g/mol. The minimum atomic E-state index is -0.431. The molecule has 0 amide bonds. The molecule has 2 aliphatic heterocycles. The van der Waals surface area contributed by atoms with Gasteiger partial charge in [0.1, 0.15) is 0 Å². The van der Waals surface area contributed by atoms with E-state index in [0.717, 1.165) is 55.9 Å². The molecule has 2 aliphatic rings. The van der Waals surface area contributed by atoms with Crippen molar-refractivity contribution in [3.8, 4) is 0 Å². The molecule has 7 heteroatoms. The maximum Gasteiger partial charge on any atom is 0.150 e. The molecule has 2 N–H and O–H groups in total. The summed E-state index contributed by atoms with van der Waals surface area (Å²) >= 11 is 0. The zero-order valence-electron chi connectivity index (χ0n) is 17.0. The van der Waals surface area contributed by atoms with Gasteiger partial charge in [0.05, 0.1) is 30.6 Å². The van der Waals surface area contributed by atoms with Crippen molar-refractivity contribution in [3.63, 3.8) is 0 Å². The van der Waals surface area contributed by atoms with Gasteiger partial charge in [-0.25, -0.2) is 0 Å². The molecule has 2 fully saturated rings. The van der Waals surface area contributed by atoms with Gasteiger partial charge in [-0.15, -0.1) is 0 Å². The third kappa shape index (κ3) is 6.09. The first-order valence-corrected chi connectivity index (χ1v) is 10.9. The van der Waals surface area contributed by atoms with Crippen molar-refractivity contribution in [1.82, 2.24) is 20.4 Å². The number of aliphatic hydroxyl groups is 1. The lowest BCUT2D eigenvalue weighted by atomic mass is 9.98. The number of nitrogens with zero attached hydrogens (tertiary/aromatic N) is 3. The topological polar surface area (TPSA) is 83.7 Å². The molecule has 2 saturated heterocycles. The number of hydrogen-bond donors (Lipinski definition) is 2. The van der Waals surface area contributed by atoms with E-state index in [1.54, 1.807) is 6.20 Å². The fourth-order valence-corrected chi connectivity index (χ4v) is 4.24. The van der Waals surface area contributed by atoms with Gasteiger partial charge in [-0.2, -0.15) is 0 Å². The summed E-state index contributed by atoms with van der Waals surface area (Å²) in [4.78, 5) is 6.56. The molecule has 0 spiro atoms. The number of nitrogens with one attached hydrogen (secondary N) is 1. The van der Waals surface area contributed by atoms with Gasteiger partial charge in [0.25, 0.3) is 0 Å². The van der Waals surface area contributed by atoms with E-state index in [2.05, 4.69) is 26.4 Å². The SMILES string of the molecule is OC1CCC(Cc2cc(CN3CCCCC3)on2)OC1CNCc1cccnc1. The average molecular weight is 401 g/mol. The smallest absolute Gasteiger partial charge is 0.150 e. The summed E-state index contributed by atoms with van der Waals surface area (Å²) in [7, 11) is 0. The molecule has 0 bridgehead atoms. The maximum absolute atomic E-state index is 10.3. The van der Waals surface area contributed by atoms with Crippen LogP contribution < -0.4 is 5.32 Å². The Balaban J connectivity index is 1.23. The van der Waals surface area contributed by atoms with Gasteiger partial charge in [-0.05, 0) is 50.4 Å². The van der Waals surface area contributed by atoms with E-state index in [4.69, 9.17) is 9.26 Å². The molecule has 3 unspecified atom stereocenters. The summed E-state index contributed by atoms with van der Waals surface area (Å²) in [6, 6.07) is 6.03. The lowest BCUT2D eigenvalue weighted by Gasteiger charge is -2.34. The van der Waals surface area contributed by atoms with Crippen LogP contribution >= 0.6 is 0 Å². The molecule has 4 heterocycles. The Labute approximate surface area is 172 Å². The lowest BCUT2D eigenvalue weighted by molar-refractivity contribution is -0.115. The third-order valence-electron chi connectivity index (χ3n) is 5.85. The van der Waals surface area contributed by atoms with Gasteiger partial charge in [0, 0.05) is 38.0 Å². The fourth-order valence-electron chi connectivity index (χ4n) is 4.24. The van der Waals surface area contributed by atoms with Crippen molar-refractivity contribution >= 4 is 0 Å². The molecular formula is C22H32N4O3. The lowest BCUT2D eigenvalue weighted by Crippen LogP contribution is -2.45. The maximum atomic E-state index is 10.3. The summed E-state index contributed by atoms with van der Waals surface area (Å²) in [6.45, 7) is 4.47. The molecule has 158 valence electrons. The molecule has 2 aromatic rings. The molecule has 0 aromatic carbocycles. The molecule has 4 rings (SSSR count). The van der Waals surface area contributed by atoms with E-state index in [-0.39, 0.29) is 12.2 Å². The van der Waals surface area contributed by atoms with Gasteiger partial charge in [0.2, 0.25) is 0 Å². The van der Waals surface area contributed by atoms with Crippen LogP contribution in [-0.2, 0) is 24.2 Å². The number of hydrogen-bond acceptors (Lipinski definition) is 7. The number of piperidine rings is 1. The van der Waals surface area contributed by atoms with E-state index < -0.39 is 6.10 Å². The zero-order valence-corrected chi connectivity index (χ0v) is 17.0. The summed E-state index contributed by atoms with van der Waals surface area (Å²) in [5.41, 5.74) is 2.07. The Bertz CT molecular complexity index is 733. The van der Waals surface area contributed by atoms with Crippen molar-refractivity contribution in [2.75, 3.05) is 19.6 Å². The predicted molar refractivity (Wildman–Crippen MR) is 109 cm³/mol. The quantitative estimate of drug-likeness (QED) is 0.703. The second-order valence-corrected chi connectivity index (χ2v) is 8.26. The summed E-state index contributed by atoms with van der Waals surface area (Å²) in [6.07, 6.45) is 9.25. The predicted octanol–water partition coefficient (Wildman–Crippen LogP) is 2.30. The fraction of sp³-hybridized carbons (Fsp3) is 0.636. The largest absolute Gasteiger partial charge is 0.390 e. The number of aliphatic hydroxyl groups excluding tert-OH is 1. The summed E-state index contributed by atoms with van der Waals surface area (Å²) in [5, 5.41) is 17.9. The van der Waals surface area contributed by atoms with Crippen molar-refractivity contribution in [1.29, 1.82) is 0 Å².